The van der Waals surface area contributed by atoms with Gasteiger partial charge in [0.15, 0.2) is 0 Å². The van der Waals surface area contributed by atoms with Gasteiger partial charge in [-0.2, -0.15) is 0 Å². The molecule has 3 aromatic rings. The molecule has 2 unspecified atom stereocenters. The van der Waals surface area contributed by atoms with E-state index in [1.165, 1.54) is 11.3 Å². The van der Waals surface area contributed by atoms with Gasteiger partial charge in [-0.3, -0.25) is 9.59 Å². The first-order valence-electron chi connectivity index (χ1n) is 12.0. The fourth-order valence-corrected chi connectivity index (χ4v) is 5.40. The standard InChI is InChI=1S/C27H30N4O4S/c1-17-13-23(26-28-15-21(36-26)11-12-25(33)34)31(16-17)24(32)14-19-7-9-20(10-8-19)29-27(35)30-22-6-4-3-5-18(22)2/h3-10,15,17,23H,11-14,16H2,1-2H3,(H,33,34)(H2,29,30,35). The smallest absolute Gasteiger partial charge is 0.323 e. The predicted octanol–water partition coefficient (Wildman–Crippen LogP) is 5.26. The summed E-state index contributed by atoms with van der Waals surface area (Å²) in [5.74, 6) is -0.433. The van der Waals surface area contributed by atoms with Crippen molar-refractivity contribution in [1.82, 2.24) is 9.88 Å². The third kappa shape index (κ3) is 6.48. The summed E-state index contributed by atoms with van der Waals surface area (Å²) in [5.41, 5.74) is 3.23. The van der Waals surface area contributed by atoms with Crippen LogP contribution in [0, 0.1) is 12.8 Å². The molecule has 1 aliphatic rings. The quantitative estimate of drug-likeness (QED) is 0.386. The van der Waals surface area contributed by atoms with E-state index >= 15 is 0 Å². The summed E-state index contributed by atoms with van der Waals surface area (Å²) in [6.45, 7) is 4.73. The van der Waals surface area contributed by atoms with Gasteiger partial charge in [-0.25, -0.2) is 9.78 Å². The van der Waals surface area contributed by atoms with Crippen LogP contribution in [0.3, 0.4) is 0 Å². The second kappa shape index (κ2) is 11.3. The summed E-state index contributed by atoms with van der Waals surface area (Å²) in [4.78, 5) is 43.7. The molecule has 1 aliphatic heterocycles. The van der Waals surface area contributed by atoms with Crippen molar-refractivity contribution in [3.05, 3.63) is 75.7 Å². The minimum atomic E-state index is -0.829. The Morgan fingerprint density at radius 3 is 2.58 bits per heavy atom. The number of benzene rings is 2. The molecule has 3 amide bonds. The molecular weight excluding hydrogens is 476 g/mol. The van der Waals surface area contributed by atoms with Gasteiger partial charge in [-0.15, -0.1) is 11.3 Å². The first-order chi connectivity index (χ1) is 17.3. The fraction of sp³-hybridized carbons (Fsp3) is 0.333. The second-order valence-electron chi connectivity index (χ2n) is 9.23. The summed E-state index contributed by atoms with van der Waals surface area (Å²) in [6, 6.07) is 14.4. The number of hydrogen-bond donors (Lipinski definition) is 3. The van der Waals surface area contributed by atoms with Crippen LogP contribution in [0.1, 0.15) is 46.8 Å². The maximum absolute atomic E-state index is 13.2. The summed E-state index contributed by atoms with van der Waals surface area (Å²) in [7, 11) is 0. The largest absolute Gasteiger partial charge is 0.481 e. The molecule has 0 bridgehead atoms. The number of aliphatic carboxylic acids is 1. The van der Waals surface area contributed by atoms with E-state index in [-0.39, 0.29) is 30.8 Å². The minimum absolute atomic E-state index is 0.0321. The molecular formula is C27H30N4O4S. The van der Waals surface area contributed by atoms with Crippen LogP contribution in [-0.4, -0.2) is 39.4 Å². The molecule has 2 aromatic carbocycles. The Balaban J connectivity index is 1.35. The Bertz CT molecular complexity index is 1240. The molecule has 9 heteroatoms. The SMILES string of the molecule is Cc1ccccc1NC(=O)Nc1ccc(CC(=O)N2CC(C)CC2c2ncc(CCC(=O)O)s2)cc1. The van der Waals surface area contributed by atoms with Crippen LogP contribution >= 0.6 is 11.3 Å². The lowest BCUT2D eigenvalue weighted by Crippen LogP contribution is -2.32. The number of likely N-dealkylation sites (tertiary alicyclic amines) is 1. The number of amides is 3. The Labute approximate surface area is 214 Å². The normalized spacial score (nSPS) is 17.1. The molecule has 36 heavy (non-hydrogen) atoms. The number of carboxylic acid groups (broad SMARTS) is 1. The molecule has 4 rings (SSSR count). The predicted molar refractivity (Wildman–Crippen MR) is 140 cm³/mol. The van der Waals surface area contributed by atoms with Crippen LogP contribution in [0.4, 0.5) is 16.2 Å². The van der Waals surface area contributed by atoms with Crippen molar-refractivity contribution >= 4 is 40.6 Å². The van der Waals surface area contributed by atoms with Crippen molar-refractivity contribution in [1.29, 1.82) is 0 Å². The zero-order chi connectivity index (χ0) is 25.7. The van der Waals surface area contributed by atoms with Gasteiger partial charge in [-0.1, -0.05) is 37.3 Å². The zero-order valence-electron chi connectivity index (χ0n) is 20.4. The number of carbonyl (C=O) groups is 3. The monoisotopic (exact) mass is 506 g/mol. The number of rotatable bonds is 8. The number of nitrogens with zero attached hydrogens (tertiary/aromatic N) is 2. The average Bonchev–Trinajstić information content (AvgIpc) is 3.47. The highest BCUT2D eigenvalue weighted by Crippen LogP contribution is 2.37. The number of carboxylic acids is 1. The molecule has 8 nitrogen and oxygen atoms in total. The van der Waals surface area contributed by atoms with E-state index in [0.29, 0.717) is 24.6 Å². The van der Waals surface area contributed by atoms with E-state index in [9.17, 15) is 14.4 Å². The molecule has 0 aliphatic carbocycles. The first kappa shape index (κ1) is 25.4. The topological polar surface area (TPSA) is 112 Å². The van der Waals surface area contributed by atoms with Crippen LogP contribution in [-0.2, 0) is 22.4 Å². The van der Waals surface area contributed by atoms with Gasteiger partial charge in [0.2, 0.25) is 5.91 Å². The Morgan fingerprint density at radius 1 is 1.11 bits per heavy atom. The van der Waals surface area contributed by atoms with Gasteiger partial charge in [0.25, 0.3) is 0 Å². The van der Waals surface area contributed by atoms with Gasteiger partial charge in [0.05, 0.1) is 18.9 Å². The van der Waals surface area contributed by atoms with E-state index in [1.807, 2.05) is 48.2 Å². The highest BCUT2D eigenvalue weighted by Gasteiger charge is 2.35. The highest BCUT2D eigenvalue weighted by atomic mass is 32.1. The van der Waals surface area contributed by atoms with Crippen molar-refractivity contribution in [3.63, 3.8) is 0 Å². The van der Waals surface area contributed by atoms with Crippen molar-refractivity contribution in [2.45, 2.75) is 45.6 Å². The third-order valence-corrected chi connectivity index (χ3v) is 7.39. The molecule has 3 N–H and O–H groups in total. The Kier molecular flexibility index (Phi) is 8.00. The number of para-hydroxylation sites is 1. The van der Waals surface area contributed by atoms with Gasteiger partial charge in [0.1, 0.15) is 5.01 Å². The average molecular weight is 507 g/mol. The molecule has 1 fully saturated rings. The molecule has 0 spiro atoms. The van der Waals surface area contributed by atoms with E-state index in [1.54, 1.807) is 18.3 Å². The lowest BCUT2D eigenvalue weighted by molar-refractivity contribution is -0.137. The van der Waals surface area contributed by atoms with Crippen LogP contribution in [0.5, 0.6) is 0 Å². The number of aryl methyl sites for hydroxylation is 2. The second-order valence-corrected chi connectivity index (χ2v) is 10.4. The molecule has 188 valence electrons. The summed E-state index contributed by atoms with van der Waals surface area (Å²) in [6.07, 6.45) is 3.36. The summed E-state index contributed by atoms with van der Waals surface area (Å²) >= 11 is 1.50. The fourth-order valence-electron chi connectivity index (χ4n) is 4.36. The number of aromatic nitrogens is 1. The molecule has 0 radical (unpaired) electrons. The number of hydrogen-bond acceptors (Lipinski definition) is 5. The number of nitrogens with one attached hydrogen (secondary N) is 2. The maximum atomic E-state index is 13.2. The Hall–Kier alpha value is -3.72. The zero-order valence-corrected chi connectivity index (χ0v) is 21.2. The van der Waals surface area contributed by atoms with Crippen LogP contribution in [0.25, 0.3) is 0 Å². The number of urea groups is 1. The van der Waals surface area contributed by atoms with Crippen molar-refractivity contribution in [2.75, 3.05) is 17.2 Å². The molecule has 2 heterocycles. The highest BCUT2D eigenvalue weighted by molar-refractivity contribution is 7.11. The Morgan fingerprint density at radius 2 is 1.86 bits per heavy atom. The van der Waals surface area contributed by atoms with E-state index < -0.39 is 5.97 Å². The molecule has 1 saturated heterocycles. The van der Waals surface area contributed by atoms with Crippen LogP contribution in [0.15, 0.2) is 54.7 Å². The molecule has 0 saturated carbocycles. The first-order valence-corrected chi connectivity index (χ1v) is 12.8. The van der Waals surface area contributed by atoms with Gasteiger partial charge in [-0.05, 0) is 55.0 Å². The van der Waals surface area contributed by atoms with E-state index in [4.69, 9.17) is 5.11 Å². The maximum Gasteiger partial charge on any atom is 0.323 e. The van der Waals surface area contributed by atoms with Crippen LogP contribution < -0.4 is 10.6 Å². The van der Waals surface area contributed by atoms with Crippen LogP contribution in [0.2, 0.25) is 0 Å². The minimum Gasteiger partial charge on any atom is -0.481 e. The third-order valence-electron chi connectivity index (χ3n) is 6.23. The van der Waals surface area contributed by atoms with E-state index in [0.717, 1.165) is 33.1 Å². The summed E-state index contributed by atoms with van der Waals surface area (Å²) in [5, 5.41) is 15.4. The van der Waals surface area contributed by atoms with E-state index in [2.05, 4.69) is 22.5 Å². The number of anilines is 2. The number of carbonyl (C=O) groups excluding carboxylic acids is 2. The summed E-state index contributed by atoms with van der Waals surface area (Å²) < 4.78 is 0. The van der Waals surface area contributed by atoms with Crippen molar-refractivity contribution in [2.24, 2.45) is 5.92 Å². The molecule has 1 aromatic heterocycles. The van der Waals surface area contributed by atoms with Gasteiger partial charge < -0.3 is 20.6 Å². The lowest BCUT2D eigenvalue weighted by atomic mass is 10.1. The van der Waals surface area contributed by atoms with Gasteiger partial charge in [0, 0.05) is 29.0 Å². The molecule has 2 atom stereocenters. The van der Waals surface area contributed by atoms with Crippen molar-refractivity contribution in [3.8, 4) is 0 Å². The number of thiazole rings is 1. The lowest BCUT2D eigenvalue weighted by Gasteiger charge is -2.23. The van der Waals surface area contributed by atoms with Gasteiger partial charge >= 0.3 is 12.0 Å². The van der Waals surface area contributed by atoms with Crippen molar-refractivity contribution < 1.29 is 19.5 Å².